The molecule has 0 spiro atoms. The van der Waals surface area contributed by atoms with Crippen molar-refractivity contribution in [3.8, 4) is 10.6 Å². The van der Waals surface area contributed by atoms with Crippen LogP contribution < -0.4 is 0 Å². The van der Waals surface area contributed by atoms with Crippen LogP contribution in [0.25, 0.3) is 16.1 Å². The third-order valence-corrected chi connectivity index (χ3v) is 7.74. The summed E-state index contributed by atoms with van der Waals surface area (Å²) >= 11 is 5.10. The van der Waals surface area contributed by atoms with Crippen molar-refractivity contribution in [2.45, 2.75) is 46.0 Å². The van der Waals surface area contributed by atoms with Crippen molar-refractivity contribution < 1.29 is 14.3 Å². The van der Waals surface area contributed by atoms with Gasteiger partial charge in [-0.25, -0.2) is 4.98 Å². The van der Waals surface area contributed by atoms with Gasteiger partial charge < -0.3 is 4.74 Å². The van der Waals surface area contributed by atoms with Crippen molar-refractivity contribution in [1.29, 1.82) is 0 Å². The topological polar surface area (TPSA) is 56.3 Å². The fraction of sp³-hybridized carbons (Fsp3) is 0.435. The van der Waals surface area contributed by atoms with E-state index < -0.39 is 0 Å². The highest BCUT2D eigenvalue weighted by atomic mass is 79.9. The zero-order chi connectivity index (χ0) is 20.3. The van der Waals surface area contributed by atoms with E-state index in [4.69, 9.17) is 9.72 Å². The van der Waals surface area contributed by atoms with Crippen LogP contribution in [-0.4, -0.2) is 16.7 Å². The predicted molar refractivity (Wildman–Crippen MR) is 116 cm³/mol. The summed E-state index contributed by atoms with van der Waals surface area (Å²) in [5.41, 5.74) is 3.46. The summed E-state index contributed by atoms with van der Waals surface area (Å²) in [5, 5.41) is 0.897. The van der Waals surface area contributed by atoms with Crippen molar-refractivity contribution in [1.82, 2.24) is 4.98 Å². The number of aromatic nitrogens is 1. The van der Waals surface area contributed by atoms with Crippen LogP contribution >= 0.6 is 27.3 Å². The molecule has 2 atom stereocenters. The van der Waals surface area contributed by atoms with Crippen LogP contribution in [0.5, 0.6) is 0 Å². The molecule has 29 heavy (non-hydrogen) atoms. The van der Waals surface area contributed by atoms with Gasteiger partial charge in [-0.05, 0) is 63.6 Å². The number of allylic oxidation sites excluding steroid dienone is 2. The number of nitrogens with zero attached hydrogens (tertiary/aromatic N) is 1. The number of halogens is 1. The minimum absolute atomic E-state index is 0.00971. The van der Waals surface area contributed by atoms with E-state index in [1.165, 1.54) is 0 Å². The van der Waals surface area contributed by atoms with Crippen molar-refractivity contribution in [2.24, 2.45) is 17.8 Å². The number of carbonyl (C=O) groups excluding carboxylic acids is 2. The normalized spacial score (nSPS) is 23.6. The lowest BCUT2D eigenvalue weighted by Gasteiger charge is -2.24. The van der Waals surface area contributed by atoms with Gasteiger partial charge in [0.2, 0.25) is 0 Å². The molecule has 1 aromatic heterocycles. The molecule has 4 nitrogen and oxygen atoms in total. The molecule has 0 N–H and O–H groups in total. The van der Waals surface area contributed by atoms with Crippen LogP contribution in [0.4, 0.5) is 0 Å². The van der Waals surface area contributed by atoms with Crippen molar-refractivity contribution in [2.75, 3.05) is 0 Å². The first-order valence-corrected chi connectivity index (χ1v) is 11.8. The van der Waals surface area contributed by atoms with Crippen molar-refractivity contribution >= 4 is 44.6 Å². The molecule has 3 aliphatic rings. The minimum atomic E-state index is -0.174. The van der Waals surface area contributed by atoms with Gasteiger partial charge in [0, 0.05) is 26.7 Å². The van der Waals surface area contributed by atoms with Gasteiger partial charge in [-0.15, -0.1) is 11.3 Å². The Kier molecular flexibility index (Phi) is 4.74. The molecule has 0 saturated heterocycles. The summed E-state index contributed by atoms with van der Waals surface area (Å²) in [4.78, 5) is 31.6. The van der Waals surface area contributed by atoms with Gasteiger partial charge in [-0.1, -0.05) is 22.0 Å². The number of benzene rings is 1. The summed E-state index contributed by atoms with van der Waals surface area (Å²) in [6.07, 6.45) is 4.38. The molecule has 2 saturated carbocycles. The lowest BCUT2D eigenvalue weighted by molar-refractivity contribution is -0.141. The molecule has 2 aromatic rings. The van der Waals surface area contributed by atoms with Crippen LogP contribution in [0.15, 0.2) is 28.4 Å². The lowest BCUT2D eigenvalue weighted by atomic mass is 9.85. The first-order chi connectivity index (χ1) is 13.9. The van der Waals surface area contributed by atoms with Gasteiger partial charge in [0.15, 0.2) is 5.78 Å². The third-order valence-electron chi connectivity index (χ3n) is 6.24. The molecular weight excluding hydrogens is 450 g/mol. The Bertz CT molecular complexity index is 1070. The molecule has 1 heterocycles. The molecular formula is C23H22BrNO3S. The van der Waals surface area contributed by atoms with Crippen molar-refractivity contribution in [3.05, 3.63) is 44.6 Å². The van der Waals surface area contributed by atoms with Crippen LogP contribution in [0.2, 0.25) is 0 Å². The number of esters is 1. The van der Waals surface area contributed by atoms with Gasteiger partial charge in [-0.2, -0.15) is 0 Å². The van der Waals surface area contributed by atoms with Gasteiger partial charge in [0.05, 0.1) is 17.2 Å². The second kappa shape index (κ2) is 7.17. The summed E-state index contributed by atoms with van der Waals surface area (Å²) in [5.74, 6) is 0.729. The summed E-state index contributed by atoms with van der Waals surface area (Å²) in [7, 11) is 0. The maximum absolute atomic E-state index is 13.3. The van der Waals surface area contributed by atoms with E-state index in [2.05, 4.69) is 35.0 Å². The molecule has 2 fully saturated rings. The Hall–Kier alpha value is -1.79. The molecule has 150 valence electrons. The van der Waals surface area contributed by atoms with E-state index in [1.807, 2.05) is 13.0 Å². The largest absolute Gasteiger partial charge is 0.430 e. The van der Waals surface area contributed by atoms with E-state index in [0.29, 0.717) is 17.0 Å². The summed E-state index contributed by atoms with van der Waals surface area (Å²) in [6.45, 7) is 4.06. The first kappa shape index (κ1) is 19.2. The highest BCUT2D eigenvalue weighted by Crippen LogP contribution is 2.48. The Morgan fingerprint density at radius 1 is 1.17 bits per heavy atom. The molecule has 2 bridgehead atoms. The standard InChI is InChI=1S/C23H22BrNO3S/c1-11-9-16(24)7-8-17(11)22-25-19(12(2)29-22)18-20(26)14-5-6-15(10-14)21(18)28-23(27)13-3-4-13/h7-9,13-15H,3-6,10H2,1-2H3/t14-,15+/m0/s1. The van der Waals surface area contributed by atoms with Crippen LogP contribution in [0.3, 0.4) is 0 Å². The zero-order valence-corrected chi connectivity index (χ0v) is 18.9. The SMILES string of the molecule is Cc1cc(Br)ccc1-c1nc(C2=C(OC(=O)C3CC3)[C@@H]3CC[C@@H](C3)C2=O)c(C)s1. The number of thiazole rings is 1. The van der Waals surface area contributed by atoms with Crippen LogP contribution in [0.1, 0.15) is 48.2 Å². The summed E-state index contributed by atoms with van der Waals surface area (Å²) in [6, 6.07) is 6.13. The number of rotatable bonds is 4. The molecule has 6 heteroatoms. The number of hydrogen-bond donors (Lipinski definition) is 0. The van der Waals surface area contributed by atoms with E-state index in [0.717, 1.165) is 57.6 Å². The molecule has 3 aliphatic carbocycles. The quantitative estimate of drug-likeness (QED) is 0.524. The fourth-order valence-electron chi connectivity index (χ4n) is 4.48. The first-order valence-electron chi connectivity index (χ1n) is 10.2. The van der Waals surface area contributed by atoms with Gasteiger partial charge in [0.1, 0.15) is 10.8 Å². The molecule has 5 rings (SSSR count). The van der Waals surface area contributed by atoms with Gasteiger partial charge in [0.25, 0.3) is 0 Å². The van der Waals surface area contributed by atoms with Crippen LogP contribution in [-0.2, 0) is 14.3 Å². The Morgan fingerprint density at radius 2 is 1.93 bits per heavy atom. The molecule has 0 radical (unpaired) electrons. The number of hydrogen-bond acceptors (Lipinski definition) is 5. The maximum atomic E-state index is 13.3. The highest BCUT2D eigenvalue weighted by molar-refractivity contribution is 9.10. The second-order valence-corrected chi connectivity index (χ2v) is 10.5. The smallest absolute Gasteiger partial charge is 0.314 e. The van der Waals surface area contributed by atoms with Gasteiger partial charge in [-0.3, -0.25) is 9.59 Å². The average Bonchev–Trinajstić information content (AvgIpc) is 3.33. The fourth-order valence-corrected chi connectivity index (χ4v) is 5.96. The molecule has 0 unspecified atom stereocenters. The zero-order valence-electron chi connectivity index (χ0n) is 16.5. The highest BCUT2D eigenvalue weighted by Gasteiger charge is 2.45. The lowest BCUT2D eigenvalue weighted by Crippen LogP contribution is -2.24. The maximum Gasteiger partial charge on any atom is 0.314 e. The third kappa shape index (κ3) is 3.40. The number of ether oxygens (including phenoxy) is 1. The van der Waals surface area contributed by atoms with Gasteiger partial charge >= 0.3 is 5.97 Å². The number of Topliss-reactive ketones (excluding diaryl/α,β-unsaturated/α-hetero) is 1. The Morgan fingerprint density at radius 3 is 2.66 bits per heavy atom. The summed E-state index contributed by atoms with van der Waals surface area (Å²) < 4.78 is 6.90. The monoisotopic (exact) mass is 471 g/mol. The number of fused-ring (bicyclic) bond motifs is 2. The molecule has 1 aromatic carbocycles. The van der Waals surface area contributed by atoms with E-state index in [-0.39, 0.29) is 29.5 Å². The Balaban J connectivity index is 1.60. The average molecular weight is 472 g/mol. The second-order valence-electron chi connectivity index (χ2n) is 8.39. The Labute approximate surface area is 182 Å². The predicted octanol–water partition coefficient (Wildman–Crippen LogP) is 5.85. The van der Waals surface area contributed by atoms with E-state index >= 15 is 0 Å². The van der Waals surface area contributed by atoms with Crippen LogP contribution in [0, 0.1) is 31.6 Å². The van der Waals surface area contributed by atoms with Crippen molar-refractivity contribution in [3.63, 3.8) is 0 Å². The van der Waals surface area contributed by atoms with E-state index in [9.17, 15) is 9.59 Å². The number of ketones is 1. The molecule has 0 amide bonds. The van der Waals surface area contributed by atoms with E-state index in [1.54, 1.807) is 11.3 Å². The number of carbonyl (C=O) groups is 2. The number of aryl methyl sites for hydroxylation is 2. The molecule has 0 aliphatic heterocycles. The minimum Gasteiger partial charge on any atom is -0.430 e.